The third-order valence-electron chi connectivity index (χ3n) is 5.37. The second-order valence-corrected chi connectivity index (χ2v) is 7.06. The normalized spacial score (nSPS) is 15.9. The molecule has 4 rings (SSSR count). The maximum atomic E-state index is 12.3. The minimum atomic E-state index is -0.169. The quantitative estimate of drug-likeness (QED) is 0.672. The molecule has 6 nitrogen and oxygen atoms in total. The molecule has 0 saturated carbocycles. The molecule has 6 heteroatoms. The molecule has 1 aliphatic rings. The highest BCUT2D eigenvalue weighted by atomic mass is 16.3. The summed E-state index contributed by atoms with van der Waals surface area (Å²) >= 11 is 0. The van der Waals surface area contributed by atoms with E-state index in [-0.39, 0.29) is 11.9 Å². The Balaban J connectivity index is 1.43. The molecular formula is C22H26N4O2+2. The van der Waals surface area contributed by atoms with E-state index in [1.165, 1.54) is 22.4 Å². The van der Waals surface area contributed by atoms with Crippen LogP contribution in [-0.4, -0.2) is 38.6 Å². The first-order valence-corrected chi connectivity index (χ1v) is 9.73. The predicted molar refractivity (Wildman–Crippen MR) is 106 cm³/mol. The van der Waals surface area contributed by atoms with Gasteiger partial charge in [0.2, 0.25) is 0 Å². The predicted octanol–water partition coefficient (Wildman–Crippen LogP) is 0.970. The minimum Gasteiger partial charge on any atom is -0.459 e. The summed E-state index contributed by atoms with van der Waals surface area (Å²) in [4.78, 5) is 19.4. The monoisotopic (exact) mass is 378 g/mol. The number of furan rings is 1. The molecular weight excluding hydrogens is 352 g/mol. The average Bonchev–Trinajstić information content (AvgIpc) is 3.31. The van der Waals surface area contributed by atoms with Crippen molar-refractivity contribution in [1.82, 2.24) is 5.32 Å². The first kappa shape index (κ1) is 18.3. The third-order valence-corrected chi connectivity index (χ3v) is 5.37. The number of rotatable bonds is 6. The van der Waals surface area contributed by atoms with Gasteiger partial charge in [0.1, 0.15) is 6.04 Å². The van der Waals surface area contributed by atoms with Gasteiger partial charge in [-0.25, -0.2) is 4.98 Å². The first-order valence-electron chi connectivity index (χ1n) is 9.73. The lowest BCUT2D eigenvalue weighted by Crippen LogP contribution is -3.15. The number of aromatic nitrogens is 1. The van der Waals surface area contributed by atoms with Crippen LogP contribution in [0.5, 0.6) is 0 Å². The molecule has 144 valence electrons. The highest BCUT2D eigenvalue weighted by molar-refractivity contribution is 5.91. The van der Waals surface area contributed by atoms with Gasteiger partial charge in [-0.15, -0.1) is 0 Å². The molecule has 28 heavy (non-hydrogen) atoms. The highest BCUT2D eigenvalue weighted by Crippen LogP contribution is 2.14. The van der Waals surface area contributed by atoms with Crippen LogP contribution in [0, 0.1) is 0 Å². The van der Waals surface area contributed by atoms with E-state index in [2.05, 4.69) is 51.6 Å². The smallest absolute Gasteiger partial charge is 0.287 e. The molecule has 0 spiro atoms. The van der Waals surface area contributed by atoms with Gasteiger partial charge in [0.05, 0.1) is 44.6 Å². The number of piperazine rings is 1. The average molecular weight is 378 g/mol. The van der Waals surface area contributed by atoms with Gasteiger partial charge in [-0.1, -0.05) is 18.2 Å². The maximum Gasteiger partial charge on any atom is 0.287 e. The summed E-state index contributed by atoms with van der Waals surface area (Å²) in [7, 11) is 0. The van der Waals surface area contributed by atoms with Crippen LogP contribution in [0.2, 0.25) is 0 Å². The zero-order valence-corrected chi connectivity index (χ0v) is 15.8. The van der Waals surface area contributed by atoms with Crippen molar-refractivity contribution in [3.8, 4) is 0 Å². The van der Waals surface area contributed by atoms with Crippen molar-refractivity contribution in [2.45, 2.75) is 6.04 Å². The molecule has 1 saturated heterocycles. The van der Waals surface area contributed by atoms with Crippen molar-refractivity contribution in [2.24, 2.45) is 0 Å². The third kappa shape index (κ3) is 4.23. The molecule has 2 aromatic heterocycles. The Morgan fingerprint density at radius 1 is 1.11 bits per heavy atom. The van der Waals surface area contributed by atoms with Crippen molar-refractivity contribution < 1.29 is 19.1 Å². The molecule has 3 aromatic rings. The lowest BCUT2D eigenvalue weighted by Gasteiger charge is -2.37. The van der Waals surface area contributed by atoms with E-state index >= 15 is 0 Å². The number of benzene rings is 1. The largest absolute Gasteiger partial charge is 0.459 e. The molecule has 0 bridgehead atoms. The lowest BCUT2D eigenvalue weighted by atomic mass is 10.1. The van der Waals surface area contributed by atoms with E-state index in [0.29, 0.717) is 12.3 Å². The van der Waals surface area contributed by atoms with Crippen molar-refractivity contribution in [1.29, 1.82) is 0 Å². The van der Waals surface area contributed by atoms with Crippen molar-refractivity contribution >= 4 is 11.6 Å². The fourth-order valence-electron chi connectivity index (χ4n) is 3.85. The molecule has 3 N–H and O–H groups in total. The zero-order valence-electron chi connectivity index (χ0n) is 15.8. The summed E-state index contributed by atoms with van der Waals surface area (Å²) in [6.45, 7) is 4.60. The number of nitrogens with one attached hydrogen (secondary N) is 3. The van der Waals surface area contributed by atoms with Crippen LogP contribution < -0.4 is 20.1 Å². The fourth-order valence-corrected chi connectivity index (χ4v) is 3.85. The van der Waals surface area contributed by atoms with Crippen molar-refractivity contribution in [2.75, 3.05) is 37.6 Å². The highest BCUT2D eigenvalue weighted by Gasteiger charge is 2.30. The number of hydrogen-bond donors (Lipinski definition) is 2. The van der Waals surface area contributed by atoms with Crippen LogP contribution in [0.15, 0.2) is 77.7 Å². The van der Waals surface area contributed by atoms with Gasteiger partial charge in [-0.2, -0.15) is 0 Å². The van der Waals surface area contributed by atoms with Crippen LogP contribution in [0.3, 0.4) is 0 Å². The number of carbonyl (C=O) groups excluding carboxylic acids is 1. The number of hydrogen-bond acceptors (Lipinski definition) is 3. The van der Waals surface area contributed by atoms with Crippen LogP contribution in [0.25, 0.3) is 0 Å². The molecule has 1 atom stereocenters. The number of H-pyrrole nitrogens is 1. The van der Waals surface area contributed by atoms with E-state index in [1.807, 2.05) is 18.5 Å². The number of para-hydroxylation sites is 1. The molecule has 1 fully saturated rings. The number of carbonyl (C=O) groups is 1. The molecule has 3 heterocycles. The first-order chi connectivity index (χ1) is 13.8. The van der Waals surface area contributed by atoms with E-state index in [4.69, 9.17) is 4.42 Å². The zero-order chi connectivity index (χ0) is 19.2. The van der Waals surface area contributed by atoms with Gasteiger partial charge >= 0.3 is 0 Å². The van der Waals surface area contributed by atoms with Crippen molar-refractivity contribution in [3.63, 3.8) is 0 Å². The summed E-state index contributed by atoms with van der Waals surface area (Å²) in [5.74, 6) is 0.180. The Kier molecular flexibility index (Phi) is 5.68. The van der Waals surface area contributed by atoms with E-state index in [1.54, 1.807) is 12.1 Å². The maximum absolute atomic E-state index is 12.3. The van der Waals surface area contributed by atoms with Gasteiger partial charge in [0, 0.05) is 11.8 Å². The summed E-state index contributed by atoms with van der Waals surface area (Å²) < 4.78 is 5.21. The van der Waals surface area contributed by atoms with Crippen LogP contribution in [0.1, 0.15) is 22.2 Å². The Bertz CT molecular complexity index is 860. The molecule has 1 unspecified atom stereocenters. The number of pyridine rings is 1. The SMILES string of the molecule is O=C(NCC(c1ccc[nH+]c1)[NH+]1CCN(c2ccccc2)CC1)c1ccco1. The van der Waals surface area contributed by atoms with Crippen LogP contribution in [0.4, 0.5) is 5.69 Å². The molecule has 1 aliphatic heterocycles. The second-order valence-electron chi connectivity index (χ2n) is 7.06. The van der Waals surface area contributed by atoms with E-state index in [0.717, 1.165) is 26.2 Å². The standard InChI is InChI=1S/C22H24N4O2/c27-22(21-9-5-15-28-21)24-17-20(18-6-4-10-23-16-18)26-13-11-25(12-14-26)19-7-2-1-3-8-19/h1-10,15-16,20H,11-14,17H2,(H,24,27)/p+2. The minimum absolute atomic E-state index is 0.169. The summed E-state index contributed by atoms with van der Waals surface area (Å²) in [5.41, 5.74) is 2.47. The second kappa shape index (κ2) is 8.71. The van der Waals surface area contributed by atoms with Gasteiger partial charge < -0.3 is 19.5 Å². The van der Waals surface area contributed by atoms with Crippen molar-refractivity contribution in [3.05, 3.63) is 84.6 Å². The number of amides is 1. The summed E-state index contributed by atoms with van der Waals surface area (Å²) in [6, 6.07) is 18.3. The molecule has 1 amide bonds. The topological polar surface area (TPSA) is 64.1 Å². The van der Waals surface area contributed by atoms with Gasteiger partial charge in [-0.3, -0.25) is 4.79 Å². The Hall–Kier alpha value is -3.12. The van der Waals surface area contributed by atoms with Gasteiger partial charge in [0.25, 0.3) is 5.91 Å². The fraction of sp³-hybridized carbons (Fsp3) is 0.273. The van der Waals surface area contributed by atoms with E-state index in [9.17, 15) is 4.79 Å². The van der Waals surface area contributed by atoms with Crippen LogP contribution >= 0.6 is 0 Å². The lowest BCUT2D eigenvalue weighted by molar-refractivity contribution is -0.931. The number of anilines is 1. The van der Waals surface area contributed by atoms with E-state index < -0.39 is 0 Å². The number of aromatic amines is 1. The molecule has 0 radical (unpaired) electrons. The van der Waals surface area contributed by atoms with Gasteiger partial charge in [0.15, 0.2) is 18.2 Å². The Morgan fingerprint density at radius 2 is 1.93 bits per heavy atom. The summed E-state index contributed by atoms with van der Waals surface area (Å²) in [5, 5.41) is 3.04. The Labute approximate surface area is 164 Å². The summed E-state index contributed by atoms with van der Waals surface area (Å²) in [6.07, 6.45) is 5.46. The van der Waals surface area contributed by atoms with Crippen LogP contribution in [-0.2, 0) is 0 Å². The Morgan fingerprint density at radius 3 is 2.61 bits per heavy atom. The molecule has 0 aliphatic carbocycles. The number of quaternary nitrogens is 1. The number of nitrogens with zero attached hydrogens (tertiary/aromatic N) is 1. The van der Waals surface area contributed by atoms with Gasteiger partial charge in [-0.05, 0) is 30.3 Å². The molecule has 1 aromatic carbocycles.